The van der Waals surface area contributed by atoms with Gasteiger partial charge in [0.2, 0.25) is 11.8 Å². The van der Waals surface area contributed by atoms with Gasteiger partial charge < -0.3 is 4.79 Å². The summed E-state index contributed by atoms with van der Waals surface area (Å²) in [5.74, 6) is -2.64. The molecule has 156 valence electrons. The number of Topliss-reactive ketones (excluding diaryl/α,β-unsaturated/α-hetero) is 1. The molecular weight excluding hydrogens is 402 g/mol. The van der Waals surface area contributed by atoms with Crippen LogP contribution in [0.25, 0.3) is 0 Å². The van der Waals surface area contributed by atoms with E-state index in [2.05, 4.69) is 0 Å². The topological polar surface area (TPSA) is 71.5 Å². The molecular formula is C27H19NO4. The van der Waals surface area contributed by atoms with Crippen LogP contribution in [-0.4, -0.2) is 23.9 Å². The summed E-state index contributed by atoms with van der Waals surface area (Å²) < 4.78 is 0. The summed E-state index contributed by atoms with van der Waals surface area (Å²) in [6.45, 7) is 1.45. The van der Waals surface area contributed by atoms with E-state index >= 15 is 0 Å². The van der Waals surface area contributed by atoms with Gasteiger partial charge in [0.25, 0.3) is 0 Å². The summed E-state index contributed by atoms with van der Waals surface area (Å²) in [6.07, 6.45) is 0.860. The number of amides is 2. The minimum Gasteiger partial charge on any atom is -0.302 e. The second-order valence-electron chi connectivity index (χ2n) is 8.76. The van der Waals surface area contributed by atoms with Gasteiger partial charge in [0.1, 0.15) is 6.29 Å². The summed E-state index contributed by atoms with van der Waals surface area (Å²) in [6, 6.07) is 21.8. The first-order valence-electron chi connectivity index (χ1n) is 10.6. The Morgan fingerprint density at radius 2 is 1.50 bits per heavy atom. The summed E-state index contributed by atoms with van der Waals surface area (Å²) in [7, 11) is 0. The van der Waals surface area contributed by atoms with Crippen molar-refractivity contribution in [3.05, 3.63) is 101 Å². The maximum Gasteiger partial charge on any atom is 0.239 e. The Bertz CT molecular complexity index is 1310. The molecule has 5 heteroatoms. The van der Waals surface area contributed by atoms with Crippen LogP contribution in [0.15, 0.2) is 72.8 Å². The average Bonchev–Trinajstić information content (AvgIpc) is 3.10. The molecule has 1 aliphatic heterocycles. The number of anilines is 1. The largest absolute Gasteiger partial charge is 0.302 e. The molecule has 5 nitrogen and oxygen atoms in total. The predicted molar refractivity (Wildman–Crippen MR) is 117 cm³/mol. The number of ketones is 1. The number of hydrogen-bond acceptors (Lipinski definition) is 4. The molecule has 0 aromatic heterocycles. The van der Waals surface area contributed by atoms with Crippen molar-refractivity contribution in [3.63, 3.8) is 0 Å². The van der Waals surface area contributed by atoms with Crippen molar-refractivity contribution in [3.8, 4) is 0 Å². The lowest BCUT2D eigenvalue weighted by Gasteiger charge is -2.51. The minimum atomic E-state index is -1.22. The van der Waals surface area contributed by atoms with Gasteiger partial charge in [-0.1, -0.05) is 60.7 Å². The van der Waals surface area contributed by atoms with E-state index in [-0.39, 0.29) is 23.5 Å². The van der Waals surface area contributed by atoms with Crippen molar-refractivity contribution >= 4 is 29.6 Å². The van der Waals surface area contributed by atoms with Crippen molar-refractivity contribution < 1.29 is 19.2 Å². The van der Waals surface area contributed by atoms with E-state index < -0.39 is 17.3 Å². The van der Waals surface area contributed by atoms with Gasteiger partial charge in [-0.3, -0.25) is 14.4 Å². The Hall–Kier alpha value is -3.86. The van der Waals surface area contributed by atoms with E-state index in [0.29, 0.717) is 11.3 Å². The Kier molecular flexibility index (Phi) is 3.73. The lowest BCUT2D eigenvalue weighted by atomic mass is 9.48. The molecule has 4 aliphatic rings. The van der Waals surface area contributed by atoms with Crippen LogP contribution in [0.2, 0.25) is 0 Å². The van der Waals surface area contributed by atoms with Crippen molar-refractivity contribution in [1.29, 1.82) is 0 Å². The molecule has 3 aromatic rings. The van der Waals surface area contributed by atoms with Crippen LogP contribution >= 0.6 is 0 Å². The molecule has 0 unspecified atom stereocenters. The zero-order valence-corrected chi connectivity index (χ0v) is 17.3. The molecule has 1 fully saturated rings. The molecule has 0 saturated carbocycles. The van der Waals surface area contributed by atoms with Gasteiger partial charge in [-0.25, -0.2) is 4.90 Å². The summed E-state index contributed by atoms with van der Waals surface area (Å²) in [5.41, 5.74) is 3.06. The van der Waals surface area contributed by atoms with Gasteiger partial charge in [0.15, 0.2) is 5.78 Å². The molecule has 2 amide bonds. The van der Waals surface area contributed by atoms with E-state index in [9.17, 15) is 19.2 Å². The Balaban J connectivity index is 1.61. The third-order valence-electron chi connectivity index (χ3n) is 7.38. The second-order valence-corrected chi connectivity index (χ2v) is 8.76. The Morgan fingerprint density at radius 1 is 0.875 bits per heavy atom. The number of nitrogens with zero attached hydrogens (tertiary/aromatic N) is 1. The zero-order valence-electron chi connectivity index (χ0n) is 17.3. The Morgan fingerprint density at radius 3 is 2.09 bits per heavy atom. The fourth-order valence-electron chi connectivity index (χ4n) is 6.15. The highest BCUT2D eigenvalue weighted by atomic mass is 16.2. The lowest BCUT2D eigenvalue weighted by Crippen LogP contribution is -2.54. The molecule has 0 N–H and O–H groups in total. The molecule has 1 saturated heterocycles. The van der Waals surface area contributed by atoms with Gasteiger partial charge in [-0.15, -0.1) is 0 Å². The van der Waals surface area contributed by atoms with E-state index in [1.165, 1.54) is 11.8 Å². The summed E-state index contributed by atoms with van der Waals surface area (Å²) in [4.78, 5) is 53.7. The SMILES string of the molecule is CC(=O)c1cccc(N2C(=O)[C@@H]3C4c5ccccc5C(C=O)(c5ccccc54)[C@@H]3C2=O)c1. The highest BCUT2D eigenvalue weighted by Gasteiger charge is 2.68. The monoisotopic (exact) mass is 421 g/mol. The number of carbonyl (C=O) groups excluding carboxylic acids is 4. The molecule has 2 bridgehead atoms. The lowest BCUT2D eigenvalue weighted by molar-refractivity contribution is -0.128. The molecule has 32 heavy (non-hydrogen) atoms. The van der Waals surface area contributed by atoms with E-state index in [1.54, 1.807) is 24.3 Å². The van der Waals surface area contributed by atoms with Gasteiger partial charge in [-0.05, 0) is 41.3 Å². The summed E-state index contributed by atoms with van der Waals surface area (Å²) in [5, 5.41) is 0. The molecule has 3 aliphatic carbocycles. The minimum absolute atomic E-state index is 0.146. The molecule has 0 spiro atoms. The van der Waals surface area contributed by atoms with Crippen LogP contribution in [0.5, 0.6) is 0 Å². The second kappa shape index (κ2) is 6.33. The molecule has 3 aromatic carbocycles. The highest BCUT2D eigenvalue weighted by Crippen LogP contribution is 2.63. The normalized spacial score (nSPS) is 27.0. The standard InChI is InChI=1S/C27H19NO4/c1-15(30)16-7-6-8-17(13-16)28-25(31)23-22-18-9-2-4-11-20(18)27(14-29,24(23)26(28)32)21-12-5-3-10-19(21)22/h2-14,22-24H,1H3/t22?,23-,24+,27?/m1/s1. The van der Waals surface area contributed by atoms with Gasteiger partial charge in [-0.2, -0.15) is 0 Å². The van der Waals surface area contributed by atoms with Crippen LogP contribution in [-0.2, 0) is 19.8 Å². The number of aldehydes is 1. The van der Waals surface area contributed by atoms with Gasteiger partial charge in [0.05, 0.1) is 22.9 Å². The number of hydrogen-bond donors (Lipinski definition) is 0. The van der Waals surface area contributed by atoms with Crippen molar-refractivity contribution in [2.75, 3.05) is 4.90 Å². The molecule has 7 rings (SSSR count). The third-order valence-corrected chi connectivity index (χ3v) is 7.38. The quantitative estimate of drug-likeness (QED) is 0.368. The number of imide groups is 1. The third kappa shape index (κ3) is 2.08. The number of benzene rings is 3. The van der Waals surface area contributed by atoms with Crippen molar-refractivity contribution in [2.24, 2.45) is 11.8 Å². The van der Waals surface area contributed by atoms with Gasteiger partial charge in [0, 0.05) is 11.5 Å². The average molecular weight is 421 g/mol. The fraction of sp³-hybridized carbons (Fsp3) is 0.185. The fourth-order valence-corrected chi connectivity index (χ4v) is 6.15. The smallest absolute Gasteiger partial charge is 0.239 e. The van der Waals surface area contributed by atoms with Crippen LogP contribution < -0.4 is 4.90 Å². The first kappa shape index (κ1) is 18.9. The van der Waals surface area contributed by atoms with Gasteiger partial charge >= 0.3 is 0 Å². The van der Waals surface area contributed by atoms with Crippen LogP contribution in [0.4, 0.5) is 5.69 Å². The van der Waals surface area contributed by atoms with Crippen LogP contribution in [0.1, 0.15) is 45.5 Å². The van der Waals surface area contributed by atoms with Crippen molar-refractivity contribution in [2.45, 2.75) is 18.3 Å². The van der Waals surface area contributed by atoms with Crippen LogP contribution in [0.3, 0.4) is 0 Å². The first-order chi connectivity index (χ1) is 15.5. The molecule has 0 radical (unpaired) electrons. The van der Waals surface area contributed by atoms with E-state index in [0.717, 1.165) is 28.5 Å². The predicted octanol–water partition coefficient (Wildman–Crippen LogP) is 3.64. The molecule has 2 atom stereocenters. The van der Waals surface area contributed by atoms with E-state index in [4.69, 9.17) is 0 Å². The first-order valence-corrected chi connectivity index (χ1v) is 10.6. The number of rotatable bonds is 3. The maximum atomic E-state index is 13.9. The zero-order chi connectivity index (χ0) is 22.2. The number of carbonyl (C=O) groups is 4. The molecule has 1 heterocycles. The highest BCUT2D eigenvalue weighted by molar-refractivity contribution is 6.25. The van der Waals surface area contributed by atoms with Crippen molar-refractivity contribution in [1.82, 2.24) is 0 Å². The Labute approximate surface area is 184 Å². The maximum absolute atomic E-state index is 13.9. The summed E-state index contributed by atoms with van der Waals surface area (Å²) >= 11 is 0. The van der Waals surface area contributed by atoms with Crippen LogP contribution in [0, 0.1) is 11.8 Å². The van der Waals surface area contributed by atoms with E-state index in [1.807, 2.05) is 48.5 Å².